The van der Waals surface area contributed by atoms with E-state index in [9.17, 15) is 18.4 Å². The second kappa shape index (κ2) is 8.65. The van der Waals surface area contributed by atoms with Crippen molar-refractivity contribution in [3.63, 3.8) is 0 Å². The molecule has 156 valence electrons. The number of imidazole rings is 1. The Kier molecular flexibility index (Phi) is 5.77. The van der Waals surface area contributed by atoms with E-state index in [1.807, 2.05) is 0 Å². The van der Waals surface area contributed by atoms with Gasteiger partial charge in [0.1, 0.15) is 6.61 Å². The van der Waals surface area contributed by atoms with Gasteiger partial charge in [0.2, 0.25) is 0 Å². The van der Waals surface area contributed by atoms with Crippen LogP contribution in [-0.4, -0.2) is 21.3 Å². The zero-order chi connectivity index (χ0) is 22.0. The van der Waals surface area contributed by atoms with Crippen LogP contribution in [0.2, 0.25) is 5.02 Å². The second-order valence-electron chi connectivity index (χ2n) is 6.62. The van der Waals surface area contributed by atoms with Crippen molar-refractivity contribution in [3.8, 4) is 0 Å². The van der Waals surface area contributed by atoms with Crippen LogP contribution in [0, 0.1) is 0 Å². The summed E-state index contributed by atoms with van der Waals surface area (Å²) in [4.78, 5) is 29.7. The topological polar surface area (TPSA) is 61.2 Å². The maximum Gasteiger partial charge on any atom is 0.339 e. The number of esters is 1. The summed E-state index contributed by atoms with van der Waals surface area (Å²) in [5.74, 6) is -1.29. The predicted molar refractivity (Wildman–Crippen MR) is 111 cm³/mol. The molecule has 0 aliphatic heterocycles. The minimum absolute atomic E-state index is 0.0298. The molecule has 0 atom stereocenters. The second-order valence-corrected chi connectivity index (χ2v) is 7.06. The number of aromatic nitrogens is 2. The van der Waals surface area contributed by atoms with Crippen LogP contribution in [0.25, 0.3) is 11.0 Å². The Balaban J connectivity index is 1.59. The number of para-hydroxylation sites is 2. The molecule has 0 unspecified atom stereocenters. The van der Waals surface area contributed by atoms with Crippen molar-refractivity contribution in [1.29, 1.82) is 0 Å². The van der Waals surface area contributed by atoms with E-state index in [4.69, 9.17) is 16.3 Å². The Morgan fingerprint density at radius 2 is 1.58 bits per heavy atom. The van der Waals surface area contributed by atoms with Crippen molar-refractivity contribution in [2.45, 2.75) is 13.2 Å². The molecule has 3 aromatic carbocycles. The molecule has 5 nitrogen and oxygen atoms in total. The summed E-state index contributed by atoms with van der Waals surface area (Å²) in [6.45, 7) is -3.32. The van der Waals surface area contributed by atoms with Gasteiger partial charge in [-0.3, -0.25) is 9.36 Å². The molecule has 0 fully saturated rings. The van der Waals surface area contributed by atoms with E-state index < -0.39 is 19.1 Å². The predicted octanol–water partition coefficient (Wildman–Crippen LogP) is 5.67. The minimum Gasteiger partial charge on any atom is -0.454 e. The fourth-order valence-corrected chi connectivity index (χ4v) is 3.36. The molecule has 0 radical (unpaired) electrons. The fraction of sp³-hybridized carbons (Fsp3) is 0.0870. The van der Waals surface area contributed by atoms with Gasteiger partial charge in [0.25, 0.3) is 0 Å². The molecule has 0 spiro atoms. The van der Waals surface area contributed by atoms with Crippen LogP contribution in [0.3, 0.4) is 0 Å². The van der Waals surface area contributed by atoms with Crippen molar-refractivity contribution in [3.05, 3.63) is 100 Å². The highest BCUT2D eigenvalue weighted by molar-refractivity contribution is 6.30. The van der Waals surface area contributed by atoms with Crippen molar-refractivity contribution in [2.24, 2.45) is 0 Å². The third kappa shape index (κ3) is 4.18. The first kappa shape index (κ1) is 20.7. The summed E-state index contributed by atoms with van der Waals surface area (Å²) in [6.07, 6.45) is 0. The van der Waals surface area contributed by atoms with Gasteiger partial charge < -0.3 is 4.74 Å². The Morgan fingerprint density at radius 3 is 2.29 bits per heavy atom. The quantitative estimate of drug-likeness (QED) is 0.286. The van der Waals surface area contributed by atoms with Crippen LogP contribution in [0.5, 0.6) is 0 Å². The van der Waals surface area contributed by atoms with Crippen molar-refractivity contribution in [1.82, 2.24) is 9.55 Å². The van der Waals surface area contributed by atoms with Gasteiger partial charge in [-0.25, -0.2) is 9.78 Å². The number of alkyl halides is 2. The minimum atomic E-state index is -2.85. The number of benzene rings is 3. The Bertz CT molecular complexity index is 1270. The van der Waals surface area contributed by atoms with Crippen LogP contribution in [0.1, 0.15) is 38.7 Å². The van der Waals surface area contributed by atoms with E-state index in [0.29, 0.717) is 20.7 Å². The zero-order valence-electron chi connectivity index (χ0n) is 16.0. The summed E-state index contributed by atoms with van der Waals surface area (Å²) >= 11 is 5.86. The molecular weight excluding hydrogens is 426 g/mol. The highest BCUT2D eigenvalue weighted by Crippen LogP contribution is 2.24. The van der Waals surface area contributed by atoms with Gasteiger partial charge in [0, 0.05) is 16.1 Å². The number of hydrogen-bond acceptors (Lipinski definition) is 4. The smallest absolute Gasteiger partial charge is 0.339 e. The van der Waals surface area contributed by atoms with Crippen molar-refractivity contribution < 1.29 is 23.1 Å². The molecule has 0 aliphatic carbocycles. The summed E-state index contributed by atoms with van der Waals surface area (Å²) in [5, 5.41) is 0.478. The Morgan fingerprint density at radius 1 is 0.935 bits per heavy atom. The molecule has 31 heavy (non-hydrogen) atoms. The molecule has 4 rings (SSSR count). The molecule has 0 aliphatic rings. The molecule has 0 saturated carbocycles. The number of halogens is 3. The molecule has 1 heterocycles. The maximum atomic E-state index is 13.6. The van der Waals surface area contributed by atoms with Gasteiger partial charge in [-0.2, -0.15) is 8.78 Å². The molecular formula is C23H15ClF2N2O3. The average Bonchev–Trinajstić information content (AvgIpc) is 3.16. The van der Waals surface area contributed by atoms with Crippen LogP contribution < -0.4 is 0 Å². The van der Waals surface area contributed by atoms with Crippen molar-refractivity contribution in [2.75, 3.05) is 0 Å². The number of carbonyl (C=O) groups is 2. The van der Waals surface area contributed by atoms with Crippen molar-refractivity contribution >= 4 is 34.4 Å². The van der Waals surface area contributed by atoms with Crippen LogP contribution >= 0.6 is 11.6 Å². The highest BCUT2D eigenvalue weighted by atomic mass is 35.5. The highest BCUT2D eigenvalue weighted by Gasteiger charge is 2.22. The summed E-state index contributed by atoms with van der Waals surface area (Å²) in [5.41, 5.74) is 1.12. The molecule has 0 bridgehead atoms. The van der Waals surface area contributed by atoms with Gasteiger partial charge in [0.05, 0.1) is 16.6 Å². The van der Waals surface area contributed by atoms with Crippen LogP contribution in [0.15, 0.2) is 72.8 Å². The first-order valence-electron chi connectivity index (χ1n) is 9.26. The standard InChI is InChI=1S/C23H15ClF2N2O3/c24-15-11-9-14(10-12-15)21(29)16-5-1-2-6-17(16)22(30)31-13-20-27-18-7-3-4-8-19(18)28(20)23(25)26/h1-12,23H,13H2. The number of nitrogens with zero attached hydrogens (tertiary/aromatic N) is 2. The molecule has 0 amide bonds. The van der Waals surface area contributed by atoms with Gasteiger partial charge in [-0.05, 0) is 42.5 Å². The summed E-state index contributed by atoms with van der Waals surface area (Å²) in [6, 6.07) is 18.8. The number of ketones is 1. The fourth-order valence-electron chi connectivity index (χ4n) is 3.24. The van der Waals surface area contributed by atoms with E-state index in [-0.39, 0.29) is 28.3 Å². The molecule has 0 saturated heterocycles. The summed E-state index contributed by atoms with van der Waals surface area (Å²) in [7, 11) is 0. The molecule has 8 heteroatoms. The van der Waals surface area contributed by atoms with E-state index in [1.54, 1.807) is 54.6 Å². The van der Waals surface area contributed by atoms with Gasteiger partial charge in [-0.1, -0.05) is 41.9 Å². The SMILES string of the molecule is O=C(OCc1nc2ccccc2n1C(F)F)c1ccccc1C(=O)c1ccc(Cl)cc1. The number of carbonyl (C=O) groups excluding carboxylic acids is 2. The first-order valence-corrected chi connectivity index (χ1v) is 9.64. The van der Waals surface area contributed by atoms with Gasteiger partial charge in [0.15, 0.2) is 11.6 Å². The number of fused-ring (bicyclic) bond motifs is 1. The van der Waals surface area contributed by atoms with E-state index in [1.165, 1.54) is 18.2 Å². The van der Waals surface area contributed by atoms with Gasteiger partial charge >= 0.3 is 12.5 Å². The summed E-state index contributed by atoms with van der Waals surface area (Å²) < 4.78 is 33.1. The number of hydrogen-bond donors (Lipinski definition) is 0. The van der Waals surface area contributed by atoms with Crippen LogP contribution in [0.4, 0.5) is 8.78 Å². The lowest BCUT2D eigenvalue weighted by Crippen LogP contribution is -2.14. The molecule has 4 aromatic rings. The van der Waals surface area contributed by atoms with Gasteiger partial charge in [-0.15, -0.1) is 0 Å². The molecule has 0 N–H and O–H groups in total. The zero-order valence-corrected chi connectivity index (χ0v) is 16.7. The lowest BCUT2D eigenvalue weighted by atomic mass is 9.98. The Labute approximate surface area is 180 Å². The van der Waals surface area contributed by atoms with E-state index in [0.717, 1.165) is 0 Å². The lowest BCUT2D eigenvalue weighted by Gasteiger charge is -2.11. The maximum absolute atomic E-state index is 13.6. The molecule has 1 aromatic heterocycles. The van der Waals surface area contributed by atoms with E-state index >= 15 is 0 Å². The number of rotatable bonds is 6. The monoisotopic (exact) mass is 440 g/mol. The largest absolute Gasteiger partial charge is 0.454 e. The number of ether oxygens (including phenoxy) is 1. The van der Waals surface area contributed by atoms with Crippen LogP contribution in [-0.2, 0) is 11.3 Å². The third-order valence-corrected chi connectivity index (χ3v) is 4.95. The Hall–Kier alpha value is -3.58. The lowest BCUT2D eigenvalue weighted by molar-refractivity contribution is 0.0386. The first-order chi connectivity index (χ1) is 15.0. The average molecular weight is 441 g/mol. The normalized spacial score (nSPS) is 11.1. The third-order valence-electron chi connectivity index (χ3n) is 4.69. The van der Waals surface area contributed by atoms with E-state index in [2.05, 4.69) is 4.98 Å².